The Balaban J connectivity index is 2.52. The van der Waals surface area contributed by atoms with Crippen LogP contribution in [0.5, 0.6) is 5.75 Å². The molecule has 0 atom stereocenters. The summed E-state index contributed by atoms with van der Waals surface area (Å²) in [5.41, 5.74) is 0.904. The summed E-state index contributed by atoms with van der Waals surface area (Å²) in [5, 5.41) is 11.8. The Morgan fingerprint density at radius 3 is 2.43 bits per heavy atom. The van der Waals surface area contributed by atoms with Gasteiger partial charge in [0, 0.05) is 6.04 Å². The maximum atomic E-state index is 11.3. The SMILES string of the molecule is CC(C)NC(=O)Cc1ccc(O)cc1. The second-order valence-corrected chi connectivity index (χ2v) is 3.57. The molecular weight excluding hydrogens is 178 g/mol. The van der Waals surface area contributed by atoms with Gasteiger partial charge in [-0.3, -0.25) is 4.79 Å². The van der Waals surface area contributed by atoms with Crippen LogP contribution in [0.25, 0.3) is 0 Å². The number of carbonyl (C=O) groups excluding carboxylic acids is 1. The van der Waals surface area contributed by atoms with E-state index >= 15 is 0 Å². The van der Waals surface area contributed by atoms with Gasteiger partial charge in [0.15, 0.2) is 0 Å². The van der Waals surface area contributed by atoms with Gasteiger partial charge in [-0.25, -0.2) is 0 Å². The summed E-state index contributed by atoms with van der Waals surface area (Å²) in [5.74, 6) is 0.226. The van der Waals surface area contributed by atoms with Crippen molar-refractivity contribution in [3.63, 3.8) is 0 Å². The van der Waals surface area contributed by atoms with E-state index in [1.54, 1.807) is 24.3 Å². The lowest BCUT2D eigenvalue weighted by molar-refractivity contribution is -0.120. The highest BCUT2D eigenvalue weighted by molar-refractivity contribution is 5.78. The number of rotatable bonds is 3. The summed E-state index contributed by atoms with van der Waals surface area (Å²) < 4.78 is 0. The smallest absolute Gasteiger partial charge is 0.224 e. The normalized spacial score (nSPS) is 10.2. The van der Waals surface area contributed by atoms with Gasteiger partial charge in [-0.1, -0.05) is 12.1 Å². The number of carbonyl (C=O) groups is 1. The zero-order chi connectivity index (χ0) is 10.6. The van der Waals surface area contributed by atoms with Gasteiger partial charge in [-0.2, -0.15) is 0 Å². The van der Waals surface area contributed by atoms with Crippen molar-refractivity contribution in [1.82, 2.24) is 5.32 Å². The van der Waals surface area contributed by atoms with Crippen LogP contribution in [0.3, 0.4) is 0 Å². The van der Waals surface area contributed by atoms with Gasteiger partial charge in [0.2, 0.25) is 5.91 Å². The number of amides is 1. The second-order valence-electron chi connectivity index (χ2n) is 3.57. The highest BCUT2D eigenvalue weighted by Gasteiger charge is 2.04. The Kier molecular flexibility index (Phi) is 3.51. The van der Waals surface area contributed by atoms with Crippen molar-refractivity contribution in [2.45, 2.75) is 26.3 Å². The molecule has 0 spiro atoms. The number of benzene rings is 1. The van der Waals surface area contributed by atoms with E-state index in [9.17, 15) is 4.79 Å². The van der Waals surface area contributed by atoms with Crippen molar-refractivity contribution in [3.05, 3.63) is 29.8 Å². The summed E-state index contributed by atoms with van der Waals surface area (Å²) in [6.07, 6.45) is 0.360. The lowest BCUT2D eigenvalue weighted by Crippen LogP contribution is -2.31. The third kappa shape index (κ3) is 3.47. The Labute approximate surface area is 83.8 Å². The molecule has 1 aromatic carbocycles. The molecule has 3 nitrogen and oxygen atoms in total. The van der Waals surface area contributed by atoms with Gasteiger partial charge in [0.1, 0.15) is 5.75 Å². The molecule has 0 aliphatic carbocycles. The molecule has 0 radical (unpaired) electrons. The Bertz CT molecular complexity index is 304. The van der Waals surface area contributed by atoms with E-state index in [1.165, 1.54) is 0 Å². The van der Waals surface area contributed by atoms with Crippen LogP contribution in [0.2, 0.25) is 0 Å². The molecule has 14 heavy (non-hydrogen) atoms. The Morgan fingerprint density at radius 1 is 1.36 bits per heavy atom. The summed E-state index contributed by atoms with van der Waals surface area (Å²) in [4.78, 5) is 11.3. The summed E-state index contributed by atoms with van der Waals surface area (Å²) >= 11 is 0. The first-order valence-electron chi connectivity index (χ1n) is 4.65. The molecule has 1 rings (SSSR count). The first-order chi connectivity index (χ1) is 6.58. The minimum Gasteiger partial charge on any atom is -0.508 e. The fourth-order valence-electron chi connectivity index (χ4n) is 1.17. The van der Waals surface area contributed by atoms with Crippen molar-refractivity contribution in [1.29, 1.82) is 0 Å². The second kappa shape index (κ2) is 4.65. The molecule has 1 aromatic rings. The lowest BCUT2D eigenvalue weighted by atomic mass is 10.1. The van der Waals surface area contributed by atoms with Gasteiger partial charge in [-0.15, -0.1) is 0 Å². The van der Waals surface area contributed by atoms with Crippen molar-refractivity contribution < 1.29 is 9.90 Å². The monoisotopic (exact) mass is 193 g/mol. The van der Waals surface area contributed by atoms with Gasteiger partial charge < -0.3 is 10.4 Å². The van der Waals surface area contributed by atoms with Crippen LogP contribution in [-0.2, 0) is 11.2 Å². The summed E-state index contributed by atoms with van der Waals surface area (Å²) in [7, 11) is 0. The molecule has 0 saturated carbocycles. The standard InChI is InChI=1S/C11H15NO2/c1-8(2)12-11(14)7-9-3-5-10(13)6-4-9/h3-6,8,13H,7H2,1-2H3,(H,12,14). The van der Waals surface area contributed by atoms with E-state index in [-0.39, 0.29) is 17.7 Å². The van der Waals surface area contributed by atoms with Crippen molar-refractivity contribution in [2.75, 3.05) is 0 Å². The van der Waals surface area contributed by atoms with Gasteiger partial charge in [0.25, 0.3) is 0 Å². The Hall–Kier alpha value is -1.51. The Morgan fingerprint density at radius 2 is 1.93 bits per heavy atom. The fourth-order valence-corrected chi connectivity index (χ4v) is 1.17. The third-order valence-electron chi connectivity index (χ3n) is 1.75. The minimum absolute atomic E-state index is 0.00527. The molecule has 0 aliphatic heterocycles. The molecule has 0 fully saturated rings. The van der Waals surface area contributed by atoms with E-state index in [0.717, 1.165) is 5.56 Å². The quantitative estimate of drug-likeness (QED) is 0.763. The van der Waals surface area contributed by atoms with Crippen LogP contribution in [0, 0.1) is 0 Å². The molecular formula is C11H15NO2. The van der Waals surface area contributed by atoms with Crippen molar-refractivity contribution in [3.8, 4) is 5.75 Å². The van der Waals surface area contributed by atoms with Crippen LogP contribution in [0.4, 0.5) is 0 Å². The highest BCUT2D eigenvalue weighted by Crippen LogP contribution is 2.09. The largest absolute Gasteiger partial charge is 0.508 e. The average molecular weight is 193 g/mol. The third-order valence-corrected chi connectivity index (χ3v) is 1.75. The predicted molar refractivity (Wildman–Crippen MR) is 55.1 cm³/mol. The molecule has 0 saturated heterocycles. The lowest BCUT2D eigenvalue weighted by Gasteiger charge is -2.07. The molecule has 0 aliphatic rings. The topological polar surface area (TPSA) is 49.3 Å². The zero-order valence-corrected chi connectivity index (χ0v) is 8.45. The number of aromatic hydroxyl groups is 1. The number of nitrogens with one attached hydrogen (secondary N) is 1. The number of phenolic OH excluding ortho intramolecular Hbond substituents is 1. The van der Waals surface area contributed by atoms with Crippen LogP contribution < -0.4 is 5.32 Å². The summed E-state index contributed by atoms with van der Waals surface area (Å²) in [6, 6.07) is 6.82. The molecule has 2 N–H and O–H groups in total. The average Bonchev–Trinajstić information content (AvgIpc) is 2.07. The molecule has 0 aromatic heterocycles. The molecule has 3 heteroatoms. The molecule has 0 unspecified atom stereocenters. The van der Waals surface area contributed by atoms with Gasteiger partial charge in [0.05, 0.1) is 6.42 Å². The van der Waals surface area contributed by atoms with Crippen LogP contribution in [0.15, 0.2) is 24.3 Å². The van der Waals surface area contributed by atoms with E-state index in [4.69, 9.17) is 5.11 Å². The van der Waals surface area contributed by atoms with Crippen LogP contribution in [0.1, 0.15) is 19.4 Å². The van der Waals surface area contributed by atoms with Crippen LogP contribution >= 0.6 is 0 Å². The van der Waals surface area contributed by atoms with E-state index < -0.39 is 0 Å². The van der Waals surface area contributed by atoms with E-state index in [2.05, 4.69) is 5.32 Å². The number of phenols is 1. The van der Waals surface area contributed by atoms with E-state index in [1.807, 2.05) is 13.8 Å². The van der Waals surface area contributed by atoms with Crippen LogP contribution in [-0.4, -0.2) is 17.1 Å². The predicted octanol–water partition coefficient (Wildman–Crippen LogP) is 1.46. The van der Waals surface area contributed by atoms with E-state index in [0.29, 0.717) is 6.42 Å². The maximum Gasteiger partial charge on any atom is 0.224 e. The highest BCUT2D eigenvalue weighted by atomic mass is 16.3. The van der Waals surface area contributed by atoms with Gasteiger partial charge in [-0.05, 0) is 31.5 Å². The number of hydrogen-bond acceptors (Lipinski definition) is 2. The van der Waals surface area contributed by atoms with Gasteiger partial charge >= 0.3 is 0 Å². The first kappa shape index (κ1) is 10.6. The summed E-state index contributed by atoms with van der Waals surface area (Å²) in [6.45, 7) is 3.85. The number of hydrogen-bond donors (Lipinski definition) is 2. The van der Waals surface area contributed by atoms with Crippen molar-refractivity contribution in [2.24, 2.45) is 0 Å². The zero-order valence-electron chi connectivity index (χ0n) is 8.45. The molecule has 76 valence electrons. The fraction of sp³-hybridized carbons (Fsp3) is 0.364. The van der Waals surface area contributed by atoms with Crippen molar-refractivity contribution >= 4 is 5.91 Å². The molecule has 1 amide bonds. The first-order valence-corrected chi connectivity index (χ1v) is 4.65. The minimum atomic E-state index is 0.00527. The molecule has 0 bridgehead atoms. The maximum absolute atomic E-state index is 11.3. The molecule has 0 heterocycles.